The fourth-order valence-electron chi connectivity index (χ4n) is 2.23. The number of anilines is 2. The van der Waals surface area contributed by atoms with E-state index in [1.807, 2.05) is 11.8 Å². The summed E-state index contributed by atoms with van der Waals surface area (Å²) in [5.74, 6) is 0. The zero-order chi connectivity index (χ0) is 14.3. The molecule has 106 valence electrons. The molecule has 0 saturated carbocycles. The molecule has 0 unspecified atom stereocenters. The van der Waals surface area contributed by atoms with Gasteiger partial charge in [0, 0.05) is 13.1 Å². The fourth-order valence-corrected chi connectivity index (χ4v) is 2.78. The molecule has 0 aliphatic carbocycles. The van der Waals surface area contributed by atoms with Crippen molar-refractivity contribution in [1.82, 2.24) is 0 Å². The quantitative estimate of drug-likeness (QED) is 0.676. The molecule has 1 saturated heterocycles. The van der Waals surface area contributed by atoms with Gasteiger partial charge in [0.1, 0.15) is 0 Å². The molecule has 7 heteroatoms. The Morgan fingerprint density at radius 2 is 1.89 bits per heavy atom. The summed E-state index contributed by atoms with van der Waals surface area (Å²) >= 11 is 0. The Morgan fingerprint density at radius 3 is 2.37 bits per heavy atom. The third-order valence-electron chi connectivity index (χ3n) is 3.51. The predicted molar refractivity (Wildman–Crippen MR) is 74.3 cm³/mol. The van der Waals surface area contributed by atoms with Gasteiger partial charge in [0.15, 0.2) is 0 Å². The first kappa shape index (κ1) is 14.1. The van der Waals surface area contributed by atoms with Crippen LogP contribution in [0.3, 0.4) is 0 Å². The molecule has 2 rings (SSSR count). The first-order chi connectivity index (χ1) is 8.69. The highest BCUT2D eigenvalue weighted by Gasteiger charge is 2.28. The van der Waals surface area contributed by atoms with Crippen molar-refractivity contribution < 1.29 is 13.5 Å². The Balaban J connectivity index is 2.23. The smallest absolute Gasteiger partial charge is 0.238 e. The number of hydrogen-bond acceptors (Lipinski definition) is 5. The molecule has 0 amide bonds. The van der Waals surface area contributed by atoms with Gasteiger partial charge in [-0.3, -0.25) is 0 Å². The molecule has 1 aliphatic heterocycles. The molecule has 0 spiro atoms. The van der Waals surface area contributed by atoms with Crippen molar-refractivity contribution in [1.29, 1.82) is 0 Å². The van der Waals surface area contributed by atoms with E-state index in [1.165, 1.54) is 12.1 Å². The summed E-state index contributed by atoms with van der Waals surface area (Å²) in [5.41, 5.74) is 6.42. The number of sulfonamides is 1. The summed E-state index contributed by atoms with van der Waals surface area (Å²) in [6.07, 6.45) is 1.31. The number of rotatable bonds is 2. The van der Waals surface area contributed by atoms with Crippen LogP contribution in [-0.4, -0.2) is 32.2 Å². The maximum absolute atomic E-state index is 11.2. The molecule has 6 nitrogen and oxygen atoms in total. The van der Waals surface area contributed by atoms with Gasteiger partial charge in [0.05, 0.1) is 21.9 Å². The minimum absolute atomic E-state index is 0.0118. The Morgan fingerprint density at radius 1 is 1.32 bits per heavy atom. The van der Waals surface area contributed by atoms with E-state index in [4.69, 9.17) is 10.9 Å². The molecule has 1 heterocycles. The molecule has 0 atom stereocenters. The molecule has 1 aromatic carbocycles. The van der Waals surface area contributed by atoms with Crippen LogP contribution < -0.4 is 15.8 Å². The van der Waals surface area contributed by atoms with E-state index in [2.05, 4.69) is 0 Å². The Labute approximate surface area is 113 Å². The van der Waals surface area contributed by atoms with Gasteiger partial charge >= 0.3 is 0 Å². The van der Waals surface area contributed by atoms with Crippen molar-refractivity contribution in [2.75, 3.05) is 23.7 Å². The SMILES string of the molecule is CC1(O)CCN(c2ccc(S(N)(=O)=O)cc2N)CC1. The first-order valence-electron chi connectivity index (χ1n) is 6.09. The predicted octanol–water partition coefficient (Wildman–Crippen LogP) is 0.267. The van der Waals surface area contributed by atoms with Crippen LogP contribution in [0.4, 0.5) is 11.4 Å². The van der Waals surface area contributed by atoms with Gasteiger partial charge in [-0.05, 0) is 38.0 Å². The average molecular weight is 285 g/mol. The lowest BCUT2D eigenvalue weighted by molar-refractivity contribution is 0.0351. The number of primary sulfonamides is 1. The minimum atomic E-state index is -3.73. The number of benzene rings is 1. The molecule has 1 aliphatic rings. The van der Waals surface area contributed by atoms with E-state index >= 15 is 0 Å². The van der Waals surface area contributed by atoms with Gasteiger partial charge in [-0.2, -0.15) is 0 Å². The largest absolute Gasteiger partial charge is 0.397 e. The lowest BCUT2D eigenvalue weighted by Crippen LogP contribution is -2.42. The number of aliphatic hydroxyl groups is 1. The topological polar surface area (TPSA) is 110 Å². The number of nitrogens with zero attached hydrogens (tertiary/aromatic N) is 1. The summed E-state index contributed by atoms with van der Waals surface area (Å²) in [5, 5.41) is 15.0. The van der Waals surface area contributed by atoms with Crippen LogP contribution in [0.25, 0.3) is 0 Å². The highest BCUT2D eigenvalue weighted by molar-refractivity contribution is 7.89. The molecule has 0 aromatic heterocycles. The maximum Gasteiger partial charge on any atom is 0.238 e. The molecular formula is C12H19N3O3S. The first-order valence-corrected chi connectivity index (χ1v) is 7.63. The van der Waals surface area contributed by atoms with Crippen LogP contribution in [0.1, 0.15) is 19.8 Å². The second kappa shape index (κ2) is 4.66. The second-order valence-corrected chi connectivity index (χ2v) is 6.81. The summed E-state index contributed by atoms with van der Waals surface area (Å²) in [7, 11) is -3.73. The van der Waals surface area contributed by atoms with Crippen LogP contribution in [0.5, 0.6) is 0 Å². The number of nitrogens with two attached hydrogens (primary N) is 2. The van der Waals surface area contributed by atoms with Gasteiger partial charge in [-0.1, -0.05) is 0 Å². The summed E-state index contributed by atoms with van der Waals surface area (Å²) in [4.78, 5) is 2.05. The minimum Gasteiger partial charge on any atom is -0.397 e. The zero-order valence-electron chi connectivity index (χ0n) is 10.8. The molecule has 1 aromatic rings. The number of nitrogen functional groups attached to an aromatic ring is 1. The van der Waals surface area contributed by atoms with Gasteiger partial charge < -0.3 is 15.7 Å². The molecule has 0 bridgehead atoms. The van der Waals surface area contributed by atoms with Gasteiger partial charge in [0.25, 0.3) is 0 Å². The standard InChI is InChI=1S/C12H19N3O3S/c1-12(16)4-6-15(7-5-12)11-3-2-9(8-10(11)13)19(14,17)18/h2-3,8,16H,4-7,13H2,1H3,(H2,14,17,18). The lowest BCUT2D eigenvalue weighted by atomic mass is 9.93. The van der Waals surface area contributed by atoms with Crippen LogP contribution in [0.15, 0.2) is 23.1 Å². The van der Waals surface area contributed by atoms with Gasteiger partial charge in [-0.25, -0.2) is 13.6 Å². The average Bonchev–Trinajstić information content (AvgIpc) is 2.28. The van der Waals surface area contributed by atoms with Crippen molar-refractivity contribution >= 4 is 21.4 Å². The lowest BCUT2D eigenvalue weighted by Gasteiger charge is -2.37. The molecular weight excluding hydrogens is 266 g/mol. The van der Waals surface area contributed by atoms with Crippen molar-refractivity contribution in [2.24, 2.45) is 5.14 Å². The van der Waals surface area contributed by atoms with Crippen molar-refractivity contribution in [3.05, 3.63) is 18.2 Å². The van der Waals surface area contributed by atoms with Crippen molar-refractivity contribution in [3.8, 4) is 0 Å². The van der Waals surface area contributed by atoms with E-state index in [1.54, 1.807) is 6.07 Å². The van der Waals surface area contributed by atoms with E-state index in [0.717, 1.165) is 5.69 Å². The number of hydrogen-bond donors (Lipinski definition) is 3. The molecule has 19 heavy (non-hydrogen) atoms. The van der Waals surface area contributed by atoms with Crippen LogP contribution in [0.2, 0.25) is 0 Å². The van der Waals surface area contributed by atoms with E-state index in [9.17, 15) is 13.5 Å². The van der Waals surface area contributed by atoms with Gasteiger partial charge in [-0.15, -0.1) is 0 Å². The Bertz CT molecular complexity index is 574. The highest BCUT2D eigenvalue weighted by atomic mass is 32.2. The summed E-state index contributed by atoms with van der Waals surface area (Å²) in [6.45, 7) is 3.19. The molecule has 5 N–H and O–H groups in total. The van der Waals surface area contributed by atoms with Crippen LogP contribution in [-0.2, 0) is 10.0 Å². The third kappa shape index (κ3) is 3.17. The van der Waals surface area contributed by atoms with Crippen LogP contribution in [0, 0.1) is 0 Å². The third-order valence-corrected chi connectivity index (χ3v) is 4.42. The van der Waals surface area contributed by atoms with Gasteiger partial charge in [0.2, 0.25) is 10.0 Å². The molecule has 1 fully saturated rings. The normalized spacial score (nSPS) is 19.4. The van der Waals surface area contributed by atoms with E-state index in [0.29, 0.717) is 31.6 Å². The summed E-state index contributed by atoms with van der Waals surface area (Å²) < 4.78 is 22.5. The highest BCUT2D eigenvalue weighted by Crippen LogP contribution is 2.30. The van der Waals surface area contributed by atoms with Crippen LogP contribution >= 0.6 is 0 Å². The summed E-state index contributed by atoms with van der Waals surface area (Å²) in [6, 6.07) is 4.49. The zero-order valence-corrected chi connectivity index (χ0v) is 11.7. The fraction of sp³-hybridized carbons (Fsp3) is 0.500. The van der Waals surface area contributed by atoms with Crippen molar-refractivity contribution in [2.45, 2.75) is 30.3 Å². The van der Waals surface area contributed by atoms with E-state index < -0.39 is 15.6 Å². The Kier molecular flexibility index (Phi) is 3.46. The Hall–Kier alpha value is -1.31. The second-order valence-electron chi connectivity index (χ2n) is 5.25. The number of piperidine rings is 1. The van der Waals surface area contributed by atoms with Crippen molar-refractivity contribution in [3.63, 3.8) is 0 Å². The molecule has 0 radical (unpaired) electrons. The maximum atomic E-state index is 11.2. The monoisotopic (exact) mass is 285 g/mol. The van der Waals surface area contributed by atoms with E-state index in [-0.39, 0.29) is 4.90 Å².